The fourth-order valence-electron chi connectivity index (χ4n) is 1.19. The molecule has 1 N–H and O–H groups in total. The van der Waals surface area contributed by atoms with Gasteiger partial charge in [-0.1, -0.05) is 50.5 Å². The Kier molecular flexibility index (Phi) is 2.91. The van der Waals surface area contributed by atoms with Gasteiger partial charge in [0, 0.05) is 5.57 Å². The zero-order valence-electron chi connectivity index (χ0n) is 7.83. The van der Waals surface area contributed by atoms with E-state index in [9.17, 15) is 5.11 Å². The van der Waals surface area contributed by atoms with Crippen LogP contribution in [0.25, 0.3) is 0 Å². The van der Waals surface area contributed by atoms with E-state index >= 15 is 0 Å². The minimum absolute atomic E-state index is 0.0879. The van der Waals surface area contributed by atoms with Crippen LogP contribution in [0, 0.1) is 5.92 Å². The van der Waals surface area contributed by atoms with E-state index in [0.717, 1.165) is 11.1 Å². The Morgan fingerprint density at radius 1 is 1.46 bits per heavy atom. The molecule has 0 aromatic carbocycles. The molecule has 0 saturated heterocycles. The van der Waals surface area contributed by atoms with Crippen LogP contribution in [0.4, 0.5) is 0 Å². The average molecular weight is 174 g/mol. The molecule has 68 valence electrons. The van der Waals surface area contributed by atoms with Gasteiger partial charge >= 0.3 is 0 Å². The van der Waals surface area contributed by atoms with Gasteiger partial charge in [0.05, 0.1) is 0 Å². The third kappa shape index (κ3) is 2.22. The normalized spacial score (nSPS) is 21.5. The summed E-state index contributed by atoms with van der Waals surface area (Å²) in [7, 11) is 0. The summed E-state index contributed by atoms with van der Waals surface area (Å²) in [6.45, 7) is 9.28. The molecule has 0 spiro atoms. The van der Waals surface area contributed by atoms with Gasteiger partial charge in [-0.25, -0.2) is 0 Å². The molecule has 0 fully saturated rings. The minimum atomic E-state index is 0.0879. The first-order chi connectivity index (χ1) is 6.15. The molecule has 1 unspecified atom stereocenters. The zero-order valence-corrected chi connectivity index (χ0v) is 7.83. The van der Waals surface area contributed by atoms with Gasteiger partial charge in [-0.3, -0.25) is 0 Å². The summed E-state index contributed by atoms with van der Waals surface area (Å²) in [6, 6.07) is 0. The summed E-state index contributed by atoms with van der Waals surface area (Å²) >= 11 is 0. The number of rotatable bonds is 2. The lowest BCUT2D eigenvalue weighted by molar-refractivity contribution is 0.429. The largest absolute Gasteiger partial charge is 0.508 e. The van der Waals surface area contributed by atoms with Crippen LogP contribution in [0.5, 0.6) is 0 Å². The van der Waals surface area contributed by atoms with Crippen molar-refractivity contribution in [1.82, 2.24) is 0 Å². The Hall–Kier alpha value is -1.50. The Bertz CT molecular complexity index is 316. The summed E-state index contributed by atoms with van der Waals surface area (Å²) < 4.78 is 0. The van der Waals surface area contributed by atoms with Crippen LogP contribution in [0.3, 0.4) is 0 Å². The molecule has 1 nitrogen and oxygen atoms in total. The maximum Gasteiger partial charge on any atom is 0.116 e. The molecule has 0 amide bonds. The molecular weight excluding hydrogens is 160 g/mol. The van der Waals surface area contributed by atoms with Crippen molar-refractivity contribution in [2.75, 3.05) is 0 Å². The lowest BCUT2D eigenvalue weighted by Crippen LogP contribution is -1.86. The van der Waals surface area contributed by atoms with Crippen molar-refractivity contribution in [3.8, 4) is 0 Å². The first kappa shape index (κ1) is 9.59. The molecule has 0 aliphatic heterocycles. The third-order valence-corrected chi connectivity index (χ3v) is 1.99. The first-order valence-corrected chi connectivity index (χ1v) is 4.26. The van der Waals surface area contributed by atoms with Crippen LogP contribution in [0.15, 0.2) is 60.4 Å². The van der Waals surface area contributed by atoms with E-state index in [1.165, 1.54) is 0 Å². The van der Waals surface area contributed by atoms with Crippen molar-refractivity contribution in [3.05, 3.63) is 60.4 Å². The van der Waals surface area contributed by atoms with E-state index in [2.05, 4.69) is 26.2 Å². The van der Waals surface area contributed by atoms with Crippen LogP contribution < -0.4 is 0 Å². The average Bonchev–Trinajstić information content (AvgIpc) is 2.26. The van der Waals surface area contributed by atoms with Gasteiger partial charge in [-0.2, -0.15) is 0 Å². The Morgan fingerprint density at radius 2 is 2.08 bits per heavy atom. The zero-order chi connectivity index (χ0) is 9.84. The standard InChI is InChI=1S/C12H14O/c1-4-11-7-5-9(2)6-8-12(11)10(3)13/h4-9,13H,1,3H2,2H3. The second kappa shape index (κ2) is 3.94. The van der Waals surface area contributed by atoms with Crippen molar-refractivity contribution in [2.45, 2.75) is 6.92 Å². The summed E-state index contributed by atoms with van der Waals surface area (Å²) in [5, 5.41) is 9.30. The molecule has 0 aromatic rings. The SMILES string of the molecule is C=CC1=C(C(=C)O)C=CC(C)C=C1. The third-order valence-electron chi connectivity index (χ3n) is 1.99. The van der Waals surface area contributed by atoms with E-state index in [4.69, 9.17) is 0 Å². The highest BCUT2D eigenvalue weighted by molar-refractivity contribution is 5.49. The molecule has 0 radical (unpaired) electrons. The van der Waals surface area contributed by atoms with Crippen LogP contribution in [-0.4, -0.2) is 5.11 Å². The van der Waals surface area contributed by atoms with Gasteiger partial charge in [0.15, 0.2) is 0 Å². The van der Waals surface area contributed by atoms with Gasteiger partial charge in [-0.15, -0.1) is 0 Å². The quantitative estimate of drug-likeness (QED) is 0.637. The molecule has 1 atom stereocenters. The highest BCUT2D eigenvalue weighted by atomic mass is 16.3. The summed E-state index contributed by atoms with van der Waals surface area (Å²) in [4.78, 5) is 0. The Labute approximate surface area is 79.1 Å². The van der Waals surface area contributed by atoms with Crippen molar-refractivity contribution in [1.29, 1.82) is 0 Å². The fourth-order valence-corrected chi connectivity index (χ4v) is 1.19. The Balaban J connectivity index is 3.16. The van der Waals surface area contributed by atoms with Gasteiger partial charge in [-0.05, 0) is 11.5 Å². The highest BCUT2D eigenvalue weighted by Gasteiger charge is 2.05. The number of hydrogen-bond donors (Lipinski definition) is 1. The Morgan fingerprint density at radius 3 is 2.62 bits per heavy atom. The maximum absolute atomic E-state index is 9.30. The molecule has 1 aliphatic carbocycles. The van der Waals surface area contributed by atoms with E-state index in [1.54, 1.807) is 6.08 Å². The lowest BCUT2D eigenvalue weighted by Gasteiger charge is -2.01. The first-order valence-electron chi connectivity index (χ1n) is 4.26. The van der Waals surface area contributed by atoms with Crippen molar-refractivity contribution < 1.29 is 5.11 Å². The molecule has 13 heavy (non-hydrogen) atoms. The summed E-state index contributed by atoms with van der Waals surface area (Å²) in [5.74, 6) is 0.469. The predicted molar refractivity (Wildman–Crippen MR) is 56.4 cm³/mol. The minimum Gasteiger partial charge on any atom is -0.508 e. The molecule has 1 rings (SSSR count). The van der Waals surface area contributed by atoms with E-state index in [1.807, 2.05) is 18.2 Å². The van der Waals surface area contributed by atoms with E-state index in [0.29, 0.717) is 5.92 Å². The van der Waals surface area contributed by atoms with Crippen LogP contribution >= 0.6 is 0 Å². The highest BCUT2D eigenvalue weighted by Crippen LogP contribution is 2.20. The van der Waals surface area contributed by atoms with Gasteiger partial charge in [0.2, 0.25) is 0 Å². The lowest BCUT2D eigenvalue weighted by atomic mass is 10.1. The molecule has 1 aliphatic rings. The topological polar surface area (TPSA) is 20.2 Å². The monoisotopic (exact) mass is 174 g/mol. The van der Waals surface area contributed by atoms with Crippen molar-refractivity contribution in [2.24, 2.45) is 5.92 Å². The molecule has 0 bridgehead atoms. The van der Waals surface area contributed by atoms with Gasteiger partial charge < -0.3 is 5.11 Å². The molecule has 0 heterocycles. The number of allylic oxidation sites excluding steroid dienone is 6. The number of aliphatic hydroxyl groups excluding tert-OH is 1. The summed E-state index contributed by atoms with van der Waals surface area (Å²) in [5.41, 5.74) is 1.66. The second-order valence-corrected chi connectivity index (χ2v) is 3.10. The van der Waals surface area contributed by atoms with Gasteiger partial charge in [0.1, 0.15) is 5.76 Å². The van der Waals surface area contributed by atoms with E-state index < -0.39 is 0 Å². The summed E-state index contributed by atoms with van der Waals surface area (Å²) in [6.07, 6.45) is 9.63. The van der Waals surface area contributed by atoms with Crippen LogP contribution in [0.1, 0.15) is 6.92 Å². The van der Waals surface area contributed by atoms with E-state index in [-0.39, 0.29) is 5.76 Å². The molecule has 1 heteroatoms. The van der Waals surface area contributed by atoms with Crippen LogP contribution in [-0.2, 0) is 0 Å². The van der Waals surface area contributed by atoms with Crippen molar-refractivity contribution >= 4 is 0 Å². The van der Waals surface area contributed by atoms with Crippen LogP contribution in [0.2, 0.25) is 0 Å². The molecule has 0 aromatic heterocycles. The second-order valence-electron chi connectivity index (χ2n) is 3.10. The van der Waals surface area contributed by atoms with Crippen molar-refractivity contribution in [3.63, 3.8) is 0 Å². The van der Waals surface area contributed by atoms with Gasteiger partial charge in [0.25, 0.3) is 0 Å². The maximum atomic E-state index is 9.30. The fraction of sp³-hybridized carbons (Fsp3) is 0.167. The predicted octanol–water partition coefficient (Wildman–Crippen LogP) is 3.30. The smallest absolute Gasteiger partial charge is 0.116 e. The number of hydrogen-bond acceptors (Lipinski definition) is 1. The molecular formula is C12H14O. The molecule has 0 saturated carbocycles. The number of aliphatic hydroxyl groups is 1.